The van der Waals surface area contributed by atoms with Gasteiger partial charge in [0.25, 0.3) is 0 Å². The molecule has 2 aliphatic rings. The summed E-state index contributed by atoms with van der Waals surface area (Å²) in [6.07, 6.45) is 6.61. The molecule has 0 bridgehead atoms. The molecule has 1 aliphatic carbocycles. The molecule has 1 heteroatoms. The van der Waals surface area contributed by atoms with Gasteiger partial charge in [-0.25, -0.2) is 0 Å². The first-order valence-corrected chi connectivity index (χ1v) is 9.71. The maximum absolute atomic E-state index is 3.65. The number of nitrogens with one attached hydrogen (secondary N) is 1. The van der Waals surface area contributed by atoms with E-state index >= 15 is 0 Å². The first-order chi connectivity index (χ1) is 13.3. The minimum absolute atomic E-state index is 0.252. The second-order valence-corrected chi connectivity index (χ2v) is 7.47. The molecule has 0 radical (unpaired) electrons. The van der Waals surface area contributed by atoms with Crippen LogP contribution in [0.5, 0.6) is 0 Å². The summed E-state index contributed by atoms with van der Waals surface area (Å²) in [7, 11) is 0. The fraction of sp³-hybridized carbons (Fsp3) is 0.154. The van der Waals surface area contributed by atoms with Gasteiger partial charge in [0, 0.05) is 0 Å². The van der Waals surface area contributed by atoms with Gasteiger partial charge < -0.3 is 5.32 Å². The molecular formula is C26H23N. The van der Waals surface area contributed by atoms with Crippen LogP contribution in [-0.4, -0.2) is 0 Å². The Hall–Kier alpha value is -3.06. The van der Waals surface area contributed by atoms with Crippen molar-refractivity contribution in [2.45, 2.75) is 25.8 Å². The highest BCUT2D eigenvalue weighted by molar-refractivity contribution is 5.82. The summed E-state index contributed by atoms with van der Waals surface area (Å²) < 4.78 is 0. The fourth-order valence-electron chi connectivity index (χ4n) is 4.44. The Labute approximate surface area is 161 Å². The van der Waals surface area contributed by atoms with E-state index in [0.717, 1.165) is 12.8 Å². The van der Waals surface area contributed by atoms with Gasteiger partial charge in [-0.15, -0.1) is 0 Å². The number of benzene rings is 3. The number of hydrogen-bond acceptors (Lipinski definition) is 1. The molecule has 5 rings (SSSR count). The van der Waals surface area contributed by atoms with Gasteiger partial charge in [-0.1, -0.05) is 66.7 Å². The van der Waals surface area contributed by atoms with Crippen molar-refractivity contribution in [3.8, 4) is 11.1 Å². The monoisotopic (exact) mass is 349 g/mol. The average Bonchev–Trinajstić information content (AvgIpc) is 2.74. The zero-order valence-electron chi connectivity index (χ0n) is 15.6. The normalized spacial score (nSPS) is 17.9. The van der Waals surface area contributed by atoms with Gasteiger partial charge in [-0.05, 0) is 82.6 Å². The molecular weight excluding hydrogens is 326 g/mol. The lowest BCUT2D eigenvalue weighted by atomic mass is 9.78. The SMILES string of the molecule is Cc1ccc(-c2ccccc2)cc1C1NC=CC2=C1CCc1ccccc12. The zero-order chi connectivity index (χ0) is 18.2. The van der Waals surface area contributed by atoms with E-state index in [0.29, 0.717) is 0 Å². The van der Waals surface area contributed by atoms with E-state index in [-0.39, 0.29) is 6.04 Å². The van der Waals surface area contributed by atoms with Gasteiger partial charge in [0.05, 0.1) is 6.04 Å². The predicted octanol–water partition coefficient (Wildman–Crippen LogP) is 6.22. The van der Waals surface area contributed by atoms with Crippen LogP contribution < -0.4 is 5.32 Å². The second-order valence-electron chi connectivity index (χ2n) is 7.47. The van der Waals surface area contributed by atoms with Crippen LogP contribution >= 0.6 is 0 Å². The molecule has 1 heterocycles. The van der Waals surface area contributed by atoms with Crippen LogP contribution in [0.4, 0.5) is 0 Å². The molecule has 132 valence electrons. The molecule has 0 spiro atoms. The third-order valence-corrected chi connectivity index (χ3v) is 5.88. The first-order valence-electron chi connectivity index (χ1n) is 9.71. The van der Waals surface area contributed by atoms with Crippen molar-refractivity contribution in [1.82, 2.24) is 5.32 Å². The smallest absolute Gasteiger partial charge is 0.0734 e. The zero-order valence-corrected chi connectivity index (χ0v) is 15.6. The van der Waals surface area contributed by atoms with Gasteiger partial charge in [0.15, 0.2) is 0 Å². The second kappa shape index (κ2) is 6.59. The maximum atomic E-state index is 3.65. The molecule has 1 unspecified atom stereocenters. The molecule has 1 nitrogen and oxygen atoms in total. The van der Waals surface area contributed by atoms with Crippen LogP contribution in [0.1, 0.15) is 34.7 Å². The number of hydrogen-bond donors (Lipinski definition) is 1. The Morgan fingerprint density at radius 3 is 2.52 bits per heavy atom. The van der Waals surface area contributed by atoms with E-state index in [1.54, 1.807) is 0 Å². The number of aryl methyl sites for hydroxylation is 2. The Morgan fingerprint density at radius 1 is 0.815 bits per heavy atom. The van der Waals surface area contributed by atoms with Crippen LogP contribution in [0, 0.1) is 6.92 Å². The summed E-state index contributed by atoms with van der Waals surface area (Å²) in [4.78, 5) is 0. The highest BCUT2D eigenvalue weighted by Crippen LogP contribution is 2.41. The highest BCUT2D eigenvalue weighted by atomic mass is 14.9. The molecule has 27 heavy (non-hydrogen) atoms. The van der Waals surface area contributed by atoms with E-state index in [4.69, 9.17) is 0 Å². The minimum atomic E-state index is 0.252. The van der Waals surface area contributed by atoms with Crippen LogP contribution in [0.15, 0.2) is 90.6 Å². The topological polar surface area (TPSA) is 12.0 Å². The Kier molecular flexibility index (Phi) is 3.94. The summed E-state index contributed by atoms with van der Waals surface area (Å²) in [6.45, 7) is 2.22. The van der Waals surface area contributed by atoms with E-state index in [1.807, 2.05) is 0 Å². The third-order valence-electron chi connectivity index (χ3n) is 5.88. The van der Waals surface area contributed by atoms with Gasteiger partial charge in [-0.3, -0.25) is 0 Å². The molecule has 0 saturated heterocycles. The van der Waals surface area contributed by atoms with Crippen molar-refractivity contribution in [1.29, 1.82) is 0 Å². The number of rotatable bonds is 2. The van der Waals surface area contributed by atoms with Crippen LogP contribution in [0.3, 0.4) is 0 Å². The molecule has 0 amide bonds. The molecule has 3 aromatic rings. The van der Waals surface area contributed by atoms with Gasteiger partial charge >= 0.3 is 0 Å². The van der Waals surface area contributed by atoms with Crippen molar-refractivity contribution in [2.75, 3.05) is 0 Å². The van der Waals surface area contributed by atoms with E-state index in [2.05, 4.69) is 97.3 Å². The highest BCUT2D eigenvalue weighted by Gasteiger charge is 2.27. The number of dihydropyridines is 1. The van der Waals surface area contributed by atoms with Crippen molar-refractivity contribution in [3.05, 3.63) is 113 Å². The molecule has 1 atom stereocenters. The fourth-order valence-corrected chi connectivity index (χ4v) is 4.44. The van der Waals surface area contributed by atoms with Gasteiger partial charge in [0.2, 0.25) is 0 Å². The number of fused-ring (bicyclic) bond motifs is 2. The maximum Gasteiger partial charge on any atom is 0.0734 e. The summed E-state index contributed by atoms with van der Waals surface area (Å²) >= 11 is 0. The average molecular weight is 349 g/mol. The summed E-state index contributed by atoms with van der Waals surface area (Å²) in [5.41, 5.74) is 11.1. The quantitative estimate of drug-likeness (QED) is 0.579. The summed E-state index contributed by atoms with van der Waals surface area (Å²) in [5.74, 6) is 0. The van der Waals surface area contributed by atoms with Crippen molar-refractivity contribution < 1.29 is 0 Å². The van der Waals surface area contributed by atoms with Crippen LogP contribution in [0.2, 0.25) is 0 Å². The molecule has 1 aliphatic heterocycles. The van der Waals surface area contributed by atoms with Crippen molar-refractivity contribution >= 4 is 5.57 Å². The molecule has 0 fully saturated rings. The Morgan fingerprint density at radius 2 is 1.63 bits per heavy atom. The van der Waals surface area contributed by atoms with Crippen molar-refractivity contribution in [3.63, 3.8) is 0 Å². The van der Waals surface area contributed by atoms with Gasteiger partial charge in [-0.2, -0.15) is 0 Å². The minimum Gasteiger partial charge on any atom is -0.380 e. The Balaban J connectivity index is 1.62. The molecule has 0 aromatic heterocycles. The molecule has 1 N–H and O–H groups in total. The van der Waals surface area contributed by atoms with Crippen LogP contribution in [0.25, 0.3) is 16.7 Å². The van der Waals surface area contributed by atoms with Crippen LogP contribution in [-0.2, 0) is 6.42 Å². The largest absolute Gasteiger partial charge is 0.380 e. The molecule has 3 aromatic carbocycles. The lowest BCUT2D eigenvalue weighted by Gasteiger charge is -2.32. The standard InChI is InChI=1S/C26H23N/c1-18-11-12-21(19-7-3-2-4-8-19)17-25(18)26-24-14-13-20-9-5-6-10-22(20)23(24)15-16-27-26/h2-12,15-17,26-27H,13-14H2,1H3. The van der Waals surface area contributed by atoms with Crippen molar-refractivity contribution in [2.24, 2.45) is 0 Å². The van der Waals surface area contributed by atoms with E-state index < -0.39 is 0 Å². The summed E-state index contributed by atoms with van der Waals surface area (Å²) in [5, 5.41) is 3.65. The third kappa shape index (κ3) is 2.80. The summed E-state index contributed by atoms with van der Waals surface area (Å²) in [6, 6.07) is 26.6. The van der Waals surface area contributed by atoms with E-state index in [9.17, 15) is 0 Å². The lowest BCUT2D eigenvalue weighted by molar-refractivity contribution is 0.659. The molecule has 0 saturated carbocycles. The van der Waals surface area contributed by atoms with Gasteiger partial charge in [0.1, 0.15) is 0 Å². The lowest BCUT2D eigenvalue weighted by Crippen LogP contribution is -2.25. The predicted molar refractivity (Wildman–Crippen MR) is 113 cm³/mol. The first kappa shape index (κ1) is 16.1. The number of allylic oxidation sites excluding steroid dienone is 2. The van der Waals surface area contributed by atoms with E-state index in [1.165, 1.54) is 44.5 Å². The Bertz CT molecular complexity index is 1060.